The Balaban J connectivity index is 3.11. The van der Waals surface area contributed by atoms with Gasteiger partial charge in [-0.05, 0) is 33.3 Å². The van der Waals surface area contributed by atoms with Crippen LogP contribution in [0.4, 0.5) is 0 Å². The van der Waals surface area contributed by atoms with Crippen LogP contribution < -0.4 is 0 Å². The first kappa shape index (κ1) is 14.9. The van der Waals surface area contributed by atoms with E-state index in [0.29, 0.717) is 24.4 Å². The fourth-order valence-electron chi connectivity index (χ4n) is 1.80. The number of nitrogens with zero attached hydrogens (tertiary/aromatic N) is 3. The van der Waals surface area contributed by atoms with Crippen molar-refractivity contribution in [3.63, 3.8) is 0 Å². The largest absolute Gasteiger partial charge is 0.335 e. The molecule has 1 amide bonds. The number of halogens is 1. The van der Waals surface area contributed by atoms with Crippen molar-refractivity contribution >= 4 is 17.5 Å². The highest BCUT2D eigenvalue weighted by molar-refractivity contribution is 6.18. The molecular formula is C13H20ClN3O. The molecule has 100 valence electrons. The molecule has 1 aromatic heterocycles. The highest BCUT2D eigenvalue weighted by Crippen LogP contribution is 2.13. The van der Waals surface area contributed by atoms with Crippen molar-refractivity contribution < 1.29 is 4.79 Å². The molecule has 0 atom stereocenters. The fourth-order valence-corrected chi connectivity index (χ4v) is 1.98. The number of carbonyl (C=O) groups is 1. The van der Waals surface area contributed by atoms with Gasteiger partial charge in [-0.3, -0.25) is 4.79 Å². The maximum absolute atomic E-state index is 12.5. The van der Waals surface area contributed by atoms with Crippen LogP contribution in [-0.4, -0.2) is 39.5 Å². The van der Waals surface area contributed by atoms with Crippen LogP contribution in [0.1, 0.15) is 42.5 Å². The summed E-state index contributed by atoms with van der Waals surface area (Å²) in [6.07, 6.45) is 0.696. The molecular weight excluding hydrogens is 250 g/mol. The van der Waals surface area contributed by atoms with Gasteiger partial charge >= 0.3 is 0 Å². The number of hydrogen-bond donors (Lipinski definition) is 0. The Morgan fingerprint density at radius 3 is 2.61 bits per heavy atom. The summed E-state index contributed by atoms with van der Waals surface area (Å²) in [4.78, 5) is 14.3. The van der Waals surface area contributed by atoms with E-state index in [1.807, 2.05) is 27.7 Å². The number of amides is 1. The van der Waals surface area contributed by atoms with Crippen molar-refractivity contribution in [2.45, 2.75) is 40.2 Å². The first-order chi connectivity index (χ1) is 8.51. The average molecular weight is 270 g/mol. The van der Waals surface area contributed by atoms with Crippen LogP contribution in [0.25, 0.3) is 0 Å². The number of rotatable bonds is 5. The van der Waals surface area contributed by atoms with E-state index in [0.717, 1.165) is 11.4 Å². The van der Waals surface area contributed by atoms with E-state index >= 15 is 0 Å². The van der Waals surface area contributed by atoms with Gasteiger partial charge in [0.1, 0.15) is 0 Å². The summed E-state index contributed by atoms with van der Waals surface area (Å²) in [5.74, 6) is 0.420. The summed E-state index contributed by atoms with van der Waals surface area (Å²) < 4.78 is 0. The summed E-state index contributed by atoms with van der Waals surface area (Å²) in [5.41, 5.74) is 2.14. The Morgan fingerprint density at radius 2 is 2.11 bits per heavy atom. The molecule has 0 aliphatic carbocycles. The van der Waals surface area contributed by atoms with Crippen molar-refractivity contribution in [1.29, 1.82) is 0 Å². The second-order valence-corrected chi connectivity index (χ2v) is 4.86. The maximum Gasteiger partial charge on any atom is 0.256 e. The van der Waals surface area contributed by atoms with Crippen molar-refractivity contribution in [2.24, 2.45) is 0 Å². The fraction of sp³-hybridized carbons (Fsp3) is 0.615. The maximum atomic E-state index is 12.5. The Labute approximate surface area is 113 Å². The van der Waals surface area contributed by atoms with Crippen molar-refractivity contribution in [3.05, 3.63) is 23.0 Å². The molecule has 4 nitrogen and oxygen atoms in total. The minimum atomic E-state index is -0.0134. The smallest absolute Gasteiger partial charge is 0.256 e. The Kier molecular flexibility index (Phi) is 5.54. The first-order valence-electron chi connectivity index (χ1n) is 6.21. The van der Waals surface area contributed by atoms with E-state index in [1.165, 1.54) is 0 Å². The molecule has 0 fully saturated rings. The van der Waals surface area contributed by atoms with E-state index in [1.54, 1.807) is 11.0 Å². The molecule has 0 saturated heterocycles. The average Bonchev–Trinajstić information content (AvgIpc) is 2.34. The van der Waals surface area contributed by atoms with Crippen LogP contribution >= 0.6 is 11.6 Å². The van der Waals surface area contributed by atoms with E-state index in [9.17, 15) is 4.79 Å². The van der Waals surface area contributed by atoms with Crippen LogP contribution in [0.3, 0.4) is 0 Å². The molecule has 1 aromatic rings. The summed E-state index contributed by atoms with van der Waals surface area (Å²) in [6.45, 7) is 8.32. The molecule has 18 heavy (non-hydrogen) atoms. The van der Waals surface area contributed by atoms with Crippen LogP contribution in [0.5, 0.6) is 0 Å². The van der Waals surface area contributed by atoms with Gasteiger partial charge in [0.15, 0.2) is 0 Å². The standard InChI is InChI=1S/C13H20ClN3O/c1-5-12-11(8-10(4)15-16-12)13(18)17(7-6-14)9(2)3/h8-9H,5-7H2,1-4H3. The van der Waals surface area contributed by atoms with Crippen molar-refractivity contribution in [1.82, 2.24) is 15.1 Å². The monoisotopic (exact) mass is 269 g/mol. The third-order valence-electron chi connectivity index (χ3n) is 2.77. The van der Waals surface area contributed by atoms with Gasteiger partial charge in [-0.2, -0.15) is 10.2 Å². The van der Waals surface area contributed by atoms with Crippen molar-refractivity contribution in [2.75, 3.05) is 12.4 Å². The summed E-state index contributed by atoms with van der Waals surface area (Å²) >= 11 is 5.75. The SMILES string of the molecule is CCc1nnc(C)cc1C(=O)N(CCCl)C(C)C. The van der Waals surface area contributed by atoms with Gasteiger partial charge in [-0.25, -0.2) is 0 Å². The topological polar surface area (TPSA) is 46.1 Å². The zero-order valence-corrected chi connectivity index (χ0v) is 12.2. The molecule has 1 heterocycles. The van der Waals surface area contributed by atoms with Gasteiger partial charge in [0.05, 0.1) is 17.0 Å². The third kappa shape index (κ3) is 3.42. The molecule has 0 unspecified atom stereocenters. The lowest BCUT2D eigenvalue weighted by Gasteiger charge is -2.26. The molecule has 0 aliphatic rings. The Bertz CT molecular complexity index is 421. The quantitative estimate of drug-likeness (QED) is 0.772. The molecule has 0 saturated carbocycles. The van der Waals surface area contributed by atoms with E-state index in [-0.39, 0.29) is 11.9 Å². The predicted molar refractivity (Wildman–Crippen MR) is 73.0 cm³/mol. The number of alkyl halides is 1. The number of aryl methyl sites for hydroxylation is 2. The van der Waals surface area contributed by atoms with Gasteiger partial charge in [-0.1, -0.05) is 6.92 Å². The molecule has 0 N–H and O–H groups in total. The Hall–Kier alpha value is -1.16. The summed E-state index contributed by atoms with van der Waals surface area (Å²) in [6, 6.07) is 1.92. The van der Waals surface area contributed by atoms with Gasteiger partial charge in [0, 0.05) is 18.5 Å². The molecule has 1 rings (SSSR count). The van der Waals surface area contributed by atoms with E-state index < -0.39 is 0 Å². The summed E-state index contributed by atoms with van der Waals surface area (Å²) in [7, 11) is 0. The van der Waals surface area contributed by atoms with Gasteiger partial charge in [0.25, 0.3) is 5.91 Å². The molecule has 0 radical (unpaired) electrons. The van der Waals surface area contributed by atoms with Gasteiger partial charge < -0.3 is 4.90 Å². The van der Waals surface area contributed by atoms with Crippen LogP contribution in [0, 0.1) is 6.92 Å². The second-order valence-electron chi connectivity index (χ2n) is 4.48. The lowest BCUT2D eigenvalue weighted by atomic mass is 10.1. The lowest BCUT2D eigenvalue weighted by Crippen LogP contribution is -2.39. The highest BCUT2D eigenvalue weighted by Gasteiger charge is 2.21. The molecule has 0 spiro atoms. The molecule has 0 aromatic carbocycles. The van der Waals surface area contributed by atoms with Gasteiger partial charge in [-0.15, -0.1) is 11.6 Å². The van der Waals surface area contributed by atoms with Gasteiger partial charge in [0.2, 0.25) is 0 Å². The minimum Gasteiger partial charge on any atom is -0.335 e. The van der Waals surface area contributed by atoms with E-state index in [2.05, 4.69) is 10.2 Å². The highest BCUT2D eigenvalue weighted by atomic mass is 35.5. The zero-order chi connectivity index (χ0) is 13.7. The molecule has 0 bridgehead atoms. The number of aromatic nitrogens is 2. The third-order valence-corrected chi connectivity index (χ3v) is 2.94. The molecule has 5 heteroatoms. The Morgan fingerprint density at radius 1 is 1.44 bits per heavy atom. The van der Waals surface area contributed by atoms with Crippen molar-refractivity contribution in [3.8, 4) is 0 Å². The first-order valence-corrected chi connectivity index (χ1v) is 6.74. The lowest BCUT2D eigenvalue weighted by molar-refractivity contribution is 0.0716. The zero-order valence-electron chi connectivity index (χ0n) is 11.4. The normalized spacial score (nSPS) is 10.8. The van der Waals surface area contributed by atoms with E-state index in [4.69, 9.17) is 11.6 Å². The summed E-state index contributed by atoms with van der Waals surface area (Å²) in [5, 5.41) is 8.09. The second kappa shape index (κ2) is 6.69. The van der Waals surface area contributed by atoms with Crippen LogP contribution in [0.2, 0.25) is 0 Å². The number of carbonyl (C=O) groups excluding carboxylic acids is 1. The minimum absolute atomic E-state index is 0.0134. The number of hydrogen-bond acceptors (Lipinski definition) is 3. The van der Waals surface area contributed by atoms with Crippen LogP contribution in [-0.2, 0) is 6.42 Å². The molecule has 0 aliphatic heterocycles. The predicted octanol–water partition coefficient (Wildman–Crippen LogP) is 2.44. The van der Waals surface area contributed by atoms with Crippen LogP contribution in [0.15, 0.2) is 6.07 Å².